The van der Waals surface area contributed by atoms with Crippen molar-refractivity contribution >= 4 is 10.0 Å². The second-order valence-corrected chi connectivity index (χ2v) is 6.94. The van der Waals surface area contributed by atoms with Crippen molar-refractivity contribution in [3.8, 4) is 0 Å². The molecule has 1 aromatic carbocycles. The fraction of sp³-hybridized carbons (Fsp3) is 0.600. The molecule has 0 aromatic heterocycles. The van der Waals surface area contributed by atoms with Gasteiger partial charge in [-0.2, -0.15) is 4.31 Å². The lowest BCUT2D eigenvalue weighted by molar-refractivity contribution is 0.342. The summed E-state index contributed by atoms with van der Waals surface area (Å²) in [6.07, 6.45) is 0.805. The predicted molar refractivity (Wildman–Crippen MR) is 83.2 cm³/mol. The molecule has 0 spiro atoms. The minimum absolute atomic E-state index is 0.00961. The monoisotopic (exact) mass is 298 g/mol. The summed E-state index contributed by atoms with van der Waals surface area (Å²) in [5, 5.41) is 3.13. The van der Waals surface area contributed by atoms with Gasteiger partial charge in [-0.05, 0) is 45.0 Å². The molecule has 0 fully saturated rings. The summed E-state index contributed by atoms with van der Waals surface area (Å²) >= 11 is 0. The number of nitrogens with zero attached hydrogens (tertiary/aromatic N) is 1. The molecule has 114 valence electrons. The lowest BCUT2D eigenvalue weighted by Crippen LogP contribution is -2.38. The van der Waals surface area contributed by atoms with Gasteiger partial charge in [0.25, 0.3) is 0 Å². The Kier molecular flexibility index (Phi) is 6.17. The van der Waals surface area contributed by atoms with E-state index in [4.69, 9.17) is 0 Å². The highest BCUT2D eigenvalue weighted by molar-refractivity contribution is 7.89. The summed E-state index contributed by atoms with van der Waals surface area (Å²) in [6, 6.07) is 7.33. The summed E-state index contributed by atoms with van der Waals surface area (Å²) in [4.78, 5) is 0.374. The van der Waals surface area contributed by atoms with Gasteiger partial charge in [0.2, 0.25) is 10.0 Å². The maximum Gasteiger partial charge on any atom is 0.243 e. The Morgan fingerprint density at radius 2 is 1.90 bits per heavy atom. The van der Waals surface area contributed by atoms with Crippen LogP contribution in [-0.2, 0) is 10.0 Å². The van der Waals surface area contributed by atoms with Gasteiger partial charge >= 0.3 is 0 Å². The van der Waals surface area contributed by atoms with Crippen LogP contribution in [0.3, 0.4) is 0 Å². The summed E-state index contributed by atoms with van der Waals surface area (Å²) in [6.45, 7) is 8.33. The van der Waals surface area contributed by atoms with Crippen LogP contribution >= 0.6 is 0 Å². The van der Waals surface area contributed by atoms with E-state index in [9.17, 15) is 8.42 Å². The quantitative estimate of drug-likeness (QED) is 0.842. The van der Waals surface area contributed by atoms with Crippen LogP contribution in [0.4, 0.5) is 0 Å². The number of rotatable bonds is 7. The summed E-state index contributed by atoms with van der Waals surface area (Å²) < 4.78 is 27.0. The molecule has 1 N–H and O–H groups in total. The number of sulfonamides is 1. The van der Waals surface area contributed by atoms with Gasteiger partial charge in [0.1, 0.15) is 0 Å². The molecule has 5 heteroatoms. The van der Waals surface area contributed by atoms with Crippen LogP contribution in [0.2, 0.25) is 0 Å². The third-order valence-corrected chi connectivity index (χ3v) is 5.88. The second-order valence-electron chi connectivity index (χ2n) is 5.05. The molecule has 0 saturated heterocycles. The van der Waals surface area contributed by atoms with Crippen LogP contribution in [0.15, 0.2) is 29.2 Å². The van der Waals surface area contributed by atoms with Gasteiger partial charge in [-0.3, -0.25) is 0 Å². The van der Waals surface area contributed by atoms with Gasteiger partial charge in [0.15, 0.2) is 0 Å². The smallest absolute Gasteiger partial charge is 0.243 e. The van der Waals surface area contributed by atoms with E-state index in [1.165, 1.54) is 0 Å². The van der Waals surface area contributed by atoms with E-state index in [0.29, 0.717) is 11.4 Å². The standard InChI is InChI=1S/C15H26N2O2S/c1-6-12(3)17(7-2)20(18,19)15-10-8-9-14(11-15)13(4)16-5/h8-13,16H,6-7H2,1-5H3. The van der Waals surface area contributed by atoms with Crippen molar-refractivity contribution in [1.29, 1.82) is 0 Å². The highest BCUT2D eigenvalue weighted by atomic mass is 32.2. The van der Waals surface area contributed by atoms with Crippen molar-refractivity contribution in [1.82, 2.24) is 9.62 Å². The molecule has 0 amide bonds. The van der Waals surface area contributed by atoms with Gasteiger partial charge in [-0.15, -0.1) is 0 Å². The minimum atomic E-state index is -3.42. The van der Waals surface area contributed by atoms with Crippen LogP contribution in [0, 0.1) is 0 Å². The van der Waals surface area contributed by atoms with E-state index in [2.05, 4.69) is 5.32 Å². The van der Waals surface area contributed by atoms with Crippen LogP contribution in [0.1, 0.15) is 45.7 Å². The molecule has 0 bridgehead atoms. The Labute approximate surface area is 123 Å². The normalized spacial score (nSPS) is 15.3. The molecule has 1 aromatic rings. The van der Waals surface area contributed by atoms with E-state index < -0.39 is 10.0 Å². The second kappa shape index (κ2) is 7.20. The Morgan fingerprint density at radius 1 is 1.25 bits per heavy atom. The molecule has 2 atom stereocenters. The first-order valence-electron chi connectivity index (χ1n) is 7.17. The largest absolute Gasteiger partial charge is 0.313 e. The third kappa shape index (κ3) is 3.59. The average molecular weight is 298 g/mol. The fourth-order valence-corrected chi connectivity index (χ4v) is 3.94. The molecule has 20 heavy (non-hydrogen) atoms. The summed E-state index contributed by atoms with van der Waals surface area (Å²) in [5.74, 6) is 0. The van der Waals surface area contributed by atoms with Crippen LogP contribution in [0.5, 0.6) is 0 Å². The predicted octanol–water partition coefficient (Wildman–Crippen LogP) is 2.78. The zero-order valence-electron chi connectivity index (χ0n) is 13.1. The van der Waals surface area contributed by atoms with Crippen LogP contribution < -0.4 is 5.32 Å². The van der Waals surface area contributed by atoms with E-state index in [1.54, 1.807) is 22.5 Å². The molecule has 0 aliphatic rings. The average Bonchev–Trinajstić information content (AvgIpc) is 2.46. The van der Waals surface area contributed by atoms with E-state index in [-0.39, 0.29) is 12.1 Å². The molecule has 4 nitrogen and oxygen atoms in total. The molecule has 0 radical (unpaired) electrons. The first kappa shape index (κ1) is 17.1. The van der Waals surface area contributed by atoms with Crippen LogP contribution in [-0.4, -0.2) is 32.4 Å². The molecule has 0 heterocycles. The lowest BCUT2D eigenvalue weighted by Gasteiger charge is -2.26. The highest BCUT2D eigenvalue weighted by Gasteiger charge is 2.27. The number of hydrogen-bond donors (Lipinski definition) is 1. The Hall–Kier alpha value is -0.910. The van der Waals surface area contributed by atoms with Crippen molar-refractivity contribution in [2.45, 2.75) is 51.1 Å². The van der Waals surface area contributed by atoms with Crippen molar-refractivity contribution in [2.75, 3.05) is 13.6 Å². The van der Waals surface area contributed by atoms with Crippen LogP contribution in [0.25, 0.3) is 0 Å². The molecular weight excluding hydrogens is 272 g/mol. The van der Waals surface area contributed by atoms with Gasteiger partial charge < -0.3 is 5.32 Å². The van der Waals surface area contributed by atoms with Gasteiger partial charge in [0.05, 0.1) is 4.90 Å². The maximum atomic E-state index is 12.7. The first-order chi connectivity index (χ1) is 9.38. The minimum Gasteiger partial charge on any atom is -0.313 e. The van der Waals surface area contributed by atoms with E-state index >= 15 is 0 Å². The zero-order chi connectivity index (χ0) is 15.3. The van der Waals surface area contributed by atoms with E-state index in [0.717, 1.165) is 12.0 Å². The molecular formula is C15H26N2O2S. The lowest BCUT2D eigenvalue weighted by atomic mass is 10.1. The SMILES string of the molecule is CCC(C)N(CC)S(=O)(=O)c1cccc(C(C)NC)c1. The first-order valence-corrected chi connectivity index (χ1v) is 8.61. The van der Waals surface area contributed by atoms with Gasteiger partial charge in [-0.1, -0.05) is 26.0 Å². The third-order valence-electron chi connectivity index (χ3n) is 3.79. The Morgan fingerprint density at radius 3 is 2.40 bits per heavy atom. The number of hydrogen-bond acceptors (Lipinski definition) is 3. The summed E-state index contributed by atoms with van der Waals surface area (Å²) in [7, 11) is -1.56. The highest BCUT2D eigenvalue weighted by Crippen LogP contribution is 2.22. The number of nitrogens with one attached hydrogen (secondary N) is 1. The Bertz CT molecular complexity index is 528. The van der Waals surface area contributed by atoms with Crippen molar-refractivity contribution in [2.24, 2.45) is 0 Å². The maximum absolute atomic E-state index is 12.7. The summed E-state index contributed by atoms with van der Waals surface area (Å²) in [5.41, 5.74) is 0.980. The number of benzene rings is 1. The topological polar surface area (TPSA) is 49.4 Å². The zero-order valence-corrected chi connectivity index (χ0v) is 13.9. The fourth-order valence-electron chi connectivity index (χ4n) is 2.17. The molecule has 0 saturated carbocycles. The van der Waals surface area contributed by atoms with Crippen molar-refractivity contribution in [3.05, 3.63) is 29.8 Å². The molecule has 0 aliphatic carbocycles. The van der Waals surface area contributed by atoms with Gasteiger partial charge in [-0.25, -0.2) is 8.42 Å². The van der Waals surface area contributed by atoms with E-state index in [1.807, 2.05) is 40.8 Å². The molecule has 0 aliphatic heterocycles. The molecule has 2 unspecified atom stereocenters. The Balaban J connectivity index is 3.21. The molecule has 1 rings (SSSR count). The van der Waals surface area contributed by atoms with Crippen molar-refractivity contribution in [3.63, 3.8) is 0 Å². The van der Waals surface area contributed by atoms with Gasteiger partial charge in [0, 0.05) is 18.6 Å². The van der Waals surface area contributed by atoms with Crippen molar-refractivity contribution < 1.29 is 8.42 Å².